The molecule has 4 nitrogen and oxygen atoms in total. The molecule has 1 atom stereocenters. The van der Waals surface area contributed by atoms with E-state index in [1.54, 1.807) is 23.5 Å². The van der Waals surface area contributed by atoms with Crippen LogP contribution in [0, 0.1) is 5.92 Å². The number of halogens is 1. The van der Waals surface area contributed by atoms with E-state index >= 15 is 0 Å². The smallest absolute Gasteiger partial charge is 0.226 e. The lowest BCUT2D eigenvalue weighted by molar-refractivity contribution is -0.135. The average Bonchev–Trinajstić information content (AvgIpc) is 3.38. The number of aromatic nitrogens is 1. The first kappa shape index (κ1) is 18.2. The Labute approximate surface area is 157 Å². The minimum absolute atomic E-state index is 0.236. The molecule has 6 heteroatoms. The minimum atomic E-state index is 0.236. The molecule has 2 aromatic rings. The van der Waals surface area contributed by atoms with E-state index < -0.39 is 0 Å². The van der Waals surface area contributed by atoms with Gasteiger partial charge in [-0.3, -0.25) is 4.79 Å². The third-order valence-electron chi connectivity index (χ3n) is 4.44. The molecule has 3 rings (SSSR count). The Hall–Kier alpha value is -1.59. The van der Waals surface area contributed by atoms with Crippen molar-refractivity contribution in [2.45, 2.75) is 52.3 Å². The van der Waals surface area contributed by atoms with Gasteiger partial charge in [0.05, 0.1) is 12.2 Å². The zero-order chi connectivity index (χ0) is 17.8. The lowest BCUT2D eigenvalue weighted by Crippen LogP contribution is -2.38. The number of amides is 1. The van der Waals surface area contributed by atoms with Crippen LogP contribution in [0.4, 0.5) is 0 Å². The van der Waals surface area contributed by atoms with Crippen LogP contribution in [0.2, 0.25) is 5.02 Å². The van der Waals surface area contributed by atoms with Crippen LogP contribution in [0.5, 0.6) is 5.75 Å². The topological polar surface area (TPSA) is 42.4 Å². The van der Waals surface area contributed by atoms with Crippen molar-refractivity contribution in [2.75, 3.05) is 0 Å². The van der Waals surface area contributed by atoms with Crippen LogP contribution in [0.15, 0.2) is 29.6 Å². The van der Waals surface area contributed by atoms with Crippen molar-refractivity contribution in [3.05, 3.63) is 45.4 Å². The van der Waals surface area contributed by atoms with Gasteiger partial charge in [0.15, 0.2) is 0 Å². The number of carbonyl (C=O) groups excluding carboxylic acids is 1. The monoisotopic (exact) mass is 378 g/mol. The Morgan fingerprint density at radius 2 is 2.12 bits per heavy atom. The Bertz CT molecular complexity index is 712. The van der Waals surface area contributed by atoms with Gasteiger partial charge in [0.2, 0.25) is 5.91 Å². The van der Waals surface area contributed by atoms with E-state index in [1.807, 2.05) is 22.4 Å². The fourth-order valence-electron chi connectivity index (χ4n) is 2.57. The number of benzene rings is 1. The SMILES string of the molecule is CC[C@H](C)N(Cc1csc(COc2ccc(Cl)cc2)n1)C(=O)C1CC1. The maximum Gasteiger partial charge on any atom is 0.226 e. The molecule has 1 aliphatic carbocycles. The number of thiazole rings is 1. The summed E-state index contributed by atoms with van der Waals surface area (Å²) in [5.74, 6) is 1.29. The van der Waals surface area contributed by atoms with Gasteiger partial charge in [-0.2, -0.15) is 0 Å². The second kappa shape index (κ2) is 8.19. The van der Waals surface area contributed by atoms with Crippen LogP contribution in [-0.2, 0) is 17.9 Å². The summed E-state index contributed by atoms with van der Waals surface area (Å²) >= 11 is 7.44. The lowest BCUT2D eigenvalue weighted by atomic mass is 10.2. The van der Waals surface area contributed by atoms with Crippen molar-refractivity contribution in [3.63, 3.8) is 0 Å². The third-order valence-corrected chi connectivity index (χ3v) is 5.56. The summed E-state index contributed by atoms with van der Waals surface area (Å²) in [5, 5.41) is 3.62. The molecule has 0 aliphatic heterocycles. The predicted molar refractivity (Wildman–Crippen MR) is 101 cm³/mol. The molecular formula is C19H23ClN2O2S. The summed E-state index contributed by atoms with van der Waals surface area (Å²) in [6.07, 6.45) is 3.02. The van der Waals surface area contributed by atoms with Crippen molar-refractivity contribution in [2.24, 2.45) is 5.92 Å². The molecule has 0 unspecified atom stereocenters. The number of nitrogens with zero attached hydrogens (tertiary/aromatic N) is 2. The number of ether oxygens (including phenoxy) is 1. The van der Waals surface area contributed by atoms with Gasteiger partial charge >= 0.3 is 0 Å². The predicted octanol–water partition coefficient (Wildman–Crippen LogP) is 4.91. The quantitative estimate of drug-likeness (QED) is 0.655. The van der Waals surface area contributed by atoms with E-state index in [1.165, 1.54) is 0 Å². The molecule has 134 valence electrons. The van der Waals surface area contributed by atoms with Crippen molar-refractivity contribution in [3.8, 4) is 5.75 Å². The Morgan fingerprint density at radius 3 is 2.76 bits per heavy atom. The third kappa shape index (κ3) is 4.95. The Balaban J connectivity index is 1.59. The molecule has 0 bridgehead atoms. The molecular weight excluding hydrogens is 356 g/mol. The van der Waals surface area contributed by atoms with Crippen LogP contribution >= 0.6 is 22.9 Å². The molecule has 1 aromatic carbocycles. The molecule has 0 spiro atoms. The van der Waals surface area contributed by atoms with E-state index in [4.69, 9.17) is 16.3 Å². The molecule has 1 saturated carbocycles. The van der Waals surface area contributed by atoms with Gasteiger partial charge in [-0.15, -0.1) is 11.3 Å². The lowest BCUT2D eigenvalue weighted by Gasteiger charge is -2.28. The van der Waals surface area contributed by atoms with Gasteiger partial charge in [-0.25, -0.2) is 4.98 Å². The first-order valence-corrected chi connectivity index (χ1v) is 9.94. The molecule has 25 heavy (non-hydrogen) atoms. The largest absolute Gasteiger partial charge is 0.486 e. The average molecular weight is 379 g/mol. The second-order valence-corrected chi connectivity index (χ2v) is 7.85. The Morgan fingerprint density at radius 1 is 1.40 bits per heavy atom. The van der Waals surface area contributed by atoms with Crippen LogP contribution in [-0.4, -0.2) is 21.8 Å². The van der Waals surface area contributed by atoms with E-state index in [-0.39, 0.29) is 17.9 Å². The van der Waals surface area contributed by atoms with Crippen molar-refractivity contribution < 1.29 is 9.53 Å². The zero-order valence-corrected chi connectivity index (χ0v) is 16.1. The number of carbonyl (C=O) groups is 1. The fraction of sp³-hybridized carbons (Fsp3) is 0.474. The van der Waals surface area contributed by atoms with Gasteiger partial charge in [0.1, 0.15) is 17.4 Å². The molecule has 1 amide bonds. The summed E-state index contributed by atoms with van der Waals surface area (Å²) in [6, 6.07) is 7.53. The summed E-state index contributed by atoms with van der Waals surface area (Å²) in [4.78, 5) is 19.1. The van der Waals surface area contributed by atoms with Crippen LogP contribution < -0.4 is 4.74 Å². The summed E-state index contributed by atoms with van der Waals surface area (Å²) < 4.78 is 5.74. The van der Waals surface area contributed by atoms with Gasteiger partial charge in [-0.05, 0) is 50.5 Å². The molecule has 1 aliphatic rings. The normalized spacial score (nSPS) is 15.0. The van der Waals surface area contributed by atoms with Gasteiger partial charge in [0.25, 0.3) is 0 Å². The molecule has 0 radical (unpaired) electrons. The highest BCUT2D eigenvalue weighted by Gasteiger charge is 2.35. The maximum atomic E-state index is 12.5. The van der Waals surface area contributed by atoms with E-state index in [0.29, 0.717) is 18.2 Å². The highest BCUT2D eigenvalue weighted by Crippen LogP contribution is 2.32. The number of rotatable bonds is 8. The summed E-state index contributed by atoms with van der Waals surface area (Å²) in [7, 11) is 0. The summed E-state index contributed by atoms with van der Waals surface area (Å²) in [6.45, 7) is 5.23. The van der Waals surface area contributed by atoms with E-state index in [0.717, 1.165) is 35.7 Å². The maximum absolute atomic E-state index is 12.5. The first-order valence-electron chi connectivity index (χ1n) is 8.69. The summed E-state index contributed by atoms with van der Waals surface area (Å²) in [5.41, 5.74) is 0.939. The first-order chi connectivity index (χ1) is 12.1. The van der Waals surface area contributed by atoms with Gasteiger partial charge < -0.3 is 9.64 Å². The fourth-order valence-corrected chi connectivity index (χ4v) is 3.40. The Kier molecular flexibility index (Phi) is 5.97. The number of hydrogen-bond acceptors (Lipinski definition) is 4. The zero-order valence-electron chi connectivity index (χ0n) is 14.6. The van der Waals surface area contributed by atoms with Crippen molar-refractivity contribution >= 4 is 28.8 Å². The van der Waals surface area contributed by atoms with Gasteiger partial charge in [-0.1, -0.05) is 18.5 Å². The molecule has 1 heterocycles. The van der Waals surface area contributed by atoms with E-state index in [2.05, 4.69) is 18.8 Å². The van der Waals surface area contributed by atoms with Crippen molar-refractivity contribution in [1.82, 2.24) is 9.88 Å². The van der Waals surface area contributed by atoms with Gasteiger partial charge in [0, 0.05) is 22.4 Å². The van der Waals surface area contributed by atoms with Crippen LogP contribution in [0.25, 0.3) is 0 Å². The molecule has 0 saturated heterocycles. The highest BCUT2D eigenvalue weighted by atomic mass is 35.5. The van der Waals surface area contributed by atoms with E-state index in [9.17, 15) is 4.79 Å². The minimum Gasteiger partial charge on any atom is -0.486 e. The standard InChI is InChI=1S/C19H23ClN2O2S/c1-3-13(2)22(19(23)14-4-5-14)10-16-12-25-18(21-16)11-24-17-8-6-15(20)7-9-17/h6-9,12-14H,3-5,10-11H2,1-2H3/t13-/m0/s1. The second-order valence-electron chi connectivity index (χ2n) is 6.47. The van der Waals surface area contributed by atoms with Crippen molar-refractivity contribution in [1.29, 1.82) is 0 Å². The molecule has 1 aromatic heterocycles. The van der Waals surface area contributed by atoms with Crippen LogP contribution in [0.3, 0.4) is 0 Å². The molecule has 0 N–H and O–H groups in total. The number of hydrogen-bond donors (Lipinski definition) is 0. The highest BCUT2D eigenvalue weighted by molar-refractivity contribution is 7.09. The van der Waals surface area contributed by atoms with Crippen LogP contribution in [0.1, 0.15) is 43.8 Å². The molecule has 1 fully saturated rings.